The van der Waals surface area contributed by atoms with Gasteiger partial charge in [0.1, 0.15) is 0 Å². The molecule has 0 aromatic carbocycles. The summed E-state index contributed by atoms with van der Waals surface area (Å²) in [5.74, 6) is 2.58. The molecule has 140 valence electrons. The van der Waals surface area contributed by atoms with Gasteiger partial charge in [-0.1, -0.05) is 62.4 Å². The minimum absolute atomic E-state index is 0.0325. The number of fused-ring (bicyclic) bond motifs is 1. The number of unbranched alkanes of at least 4 members (excludes halogenated alkanes) is 2. The SMILES string of the molecule is CCCCSC1(SCCCC)[NH+]=C(N)[C@@]2(C#N)[C@@H]3C=C[C@@H](CC3)[C@@]12C#N. The molecule has 0 unspecified atom stereocenters. The monoisotopic (exact) mass is 389 g/mol. The van der Waals surface area contributed by atoms with E-state index >= 15 is 0 Å². The molecule has 0 spiro atoms. The van der Waals surface area contributed by atoms with Gasteiger partial charge in [0.05, 0.1) is 12.1 Å². The lowest BCUT2D eigenvalue weighted by atomic mass is 9.46. The highest BCUT2D eigenvalue weighted by Crippen LogP contribution is 2.69. The molecule has 3 N–H and O–H groups in total. The summed E-state index contributed by atoms with van der Waals surface area (Å²) < 4.78 is -0.542. The molecule has 0 aromatic rings. The fourth-order valence-corrected chi connectivity index (χ4v) is 8.76. The predicted octanol–water partition coefficient (Wildman–Crippen LogP) is 2.77. The van der Waals surface area contributed by atoms with Crippen LogP contribution in [-0.4, -0.2) is 21.5 Å². The minimum Gasteiger partial charge on any atom is -0.290 e. The number of nitrogens with one attached hydrogen (secondary N) is 1. The smallest absolute Gasteiger partial charge is 0.265 e. The minimum atomic E-state index is -0.919. The van der Waals surface area contributed by atoms with Gasteiger partial charge in [-0.3, -0.25) is 10.7 Å². The summed E-state index contributed by atoms with van der Waals surface area (Å²) in [4.78, 5) is 3.55. The van der Waals surface area contributed by atoms with E-state index in [2.05, 4.69) is 43.1 Å². The van der Waals surface area contributed by atoms with E-state index in [1.165, 1.54) is 0 Å². The molecule has 0 radical (unpaired) electrons. The average molecular weight is 390 g/mol. The molecule has 4 nitrogen and oxygen atoms in total. The highest BCUT2D eigenvalue weighted by Gasteiger charge is 2.81. The van der Waals surface area contributed by atoms with Crippen molar-refractivity contribution in [3.63, 3.8) is 0 Å². The van der Waals surface area contributed by atoms with Gasteiger partial charge in [0.15, 0.2) is 10.8 Å². The Kier molecular flexibility index (Phi) is 5.66. The molecular weight excluding hydrogens is 360 g/mol. The topological polar surface area (TPSA) is 87.6 Å². The van der Waals surface area contributed by atoms with Gasteiger partial charge in [0.25, 0.3) is 5.84 Å². The van der Waals surface area contributed by atoms with Crippen LogP contribution in [0.2, 0.25) is 0 Å². The van der Waals surface area contributed by atoms with Gasteiger partial charge in [-0.2, -0.15) is 10.5 Å². The predicted molar refractivity (Wildman–Crippen MR) is 109 cm³/mol. The first-order valence-electron chi connectivity index (χ1n) is 9.78. The van der Waals surface area contributed by atoms with E-state index in [1.54, 1.807) is 0 Å². The normalized spacial score (nSPS) is 36.2. The zero-order valence-electron chi connectivity index (χ0n) is 15.8. The summed E-state index contributed by atoms with van der Waals surface area (Å²) in [5, 5.41) is 20.9. The molecule has 0 aromatic heterocycles. The van der Waals surface area contributed by atoms with E-state index in [4.69, 9.17) is 5.73 Å². The molecule has 1 heterocycles. The lowest BCUT2D eigenvalue weighted by Gasteiger charge is -2.54. The third-order valence-corrected chi connectivity index (χ3v) is 9.65. The van der Waals surface area contributed by atoms with Crippen molar-refractivity contribution < 1.29 is 4.99 Å². The van der Waals surface area contributed by atoms with Crippen LogP contribution in [0.1, 0.15) is 52.4 Å². The van der Waals surface area contributed by atoms with Crippen LogP contribution < -0.4 is 10.7 Å². The number of nitriles is 2. The van der Waals surface area contributed by atoms with Crippen LogP contribution in [0.3, 0.4) is 0 Å². The number of hydrogen-bond acceptors (Lipinski definition) is 5. The summed E-state index contributed by atoms with van der Waals surface area (Å²) in [6, 6.07) is 5.26. The van der Waals surface area contributed by atoms with Crippen molar-refractivity contribution in [1.82, 2.24) is 0 Å². The van der Waals surface area contributed by atoms with Gasteiger partial charge < -0.3 is 0 Å². The van der Waals surface area contributed by atoms with Crippen molar-refractivity contribution in [2.75, 3.05) is 11.5 Å². The van der Waals surface area contributed by atoms with Crippen LogP contribution in [-0.2, 0) is 0 Å². The Balaban J connectivity index is 2.13. The van der Waals surface area contributed by atoms with Crippen molar-refractivity contribution in [3.8, 4) is 12.1 Å². The molecule has 2 bridgehead atoms. The zero-order chi connectivity index (χ0) is 18.8. The molecule has 0 amide bonds. The van der Waals surface area contributed by atoms with E-state index in [0.29, 0.717) is 5.84 Å². The Morgan fingerprint density at radius 1 is 1.08 bits per heavy atom. The van der Waals surface area contributed by atoms with E-state index in [1.807, 2.05) is 23.5 Å². The molecule has 26 heavy (non-hydrogen) atoms. The first-order chi connectivity index (χ1) is 12.6. The maximum Gasteiger partial charge on any atom is 0.265 e. The number of thioether (sulfide) groups is 2. The molecule has 1 aliphatic heterocycles. The van der Waals surface area contributed by atoms with Gasteiger partial charge in [0, 0.05) is 11.8 Å². The Morgan fingerprint density at radius 2 is 1.65 bits per heavy atom. The van der Waals surface area contributed by atoms with Gasteiger partial charge in [-0.25, -0.2) is 0 Å². The third kappa shape index (κ3) is 2.38. The van der Waals surface area contributed by atoms with Crippen LogP contribution in [0.4, 0.5) is 0 Å². The number of allylic oxidation sites excluding steroid dienone is 2. The molecule has 4 atom stereocenters. The van der Waals surface area contributed by atoms with Crippen molar-refractivity contribution in [2.45, 2.75) is 56.6 Å². The molecular formula is C20H29N4S2+. The van der Waals surface area contributed by atoms with Crippen molar-refractivity contribution in [1.29, 1.82) is 10.5 Å². The Bertz CT molecular complexity index is 679. The van der Waals surface area contributed by atoms with Crippen molar-refractivity contribution in [2.24, 2.45) is 28.4 Å². The largest absolute Gasteiger partial charge is 0.290 e. The molecule has 1 saturated carbocycles. The molecule has 3 aliphatic carbocycles. The summed E-state index contributed by atoms with van der Waals surface area (Å²) in [5.41, 5.74) is 4.81. The fraction of sp³-hybridized carbons (Fsp3) is 0.750. The average Bonchev–Trinajstić information content (AvgIpc) is 2.91. The van der Waals surface area contributed by atoms with Gasteiger partial charge in [0.2, 0.25) is 4.20 Å². The molecule has 6 heteroatoms. The highest BCUT2D eigenvalue weighted by molar-refractivity contribution is 8.17. The van der Waals surface area contributed by atoms with Gasteiger partial charge >= 0.3 is 0 Å². The molecule has 1 fully saturated rings. The number of rotatable bonds is 8. The second-order valence-electron chi connectivity index (χ2n) is 7.57. The quantitative estimate of drug-likeness (QED) is 0.379. The maximum absolute atomic E-state index is 10.6. The summed E-state index contributed by atoms with van der Waals surface area (Å²) in [6.45, 7) is 4.37. The Labute approximate surface area is 165 Å². The summed E-state index contributed by atoms with van der Waals surface area (Å²) >= 11 is 3.63. The number of hydrogen-bond donors (Lipinski definition) is 2. The third-order valence-electron chi connectivity index (χ3n) is 6.30. The first-order valence-corrected chi connectivity index (χ1v) is 11.8. The fourth-order valence-electron chi connectivity index (χ4n) is 4.95. The zero-order valence-corrected chi connectivity index (χ0v) is 17.4. The second kappa shape index (κ2) is 7.49. The summed E-state index contributed by atoms with van der Waals surface area (Å²) in [7, 11) is 0. The molecule has 0 saturated heterocycles. The number of nitrogens with two attached hydrogens (primary N) is 1. The highest BCUT2D eigenvalue weighted by atomic mass is 32.2. The lowest BCUT2D eigenvalue weighted by molar-refractivity contribution is -0.494. The maximum atomic E-state index is 10.6. The summed E-state index contributed by atoms with van der Waals surface area (Å²) in [6.07, 6.45) is 10.7. The second-order valence-corrected chi connectivity index (χ2v) is 10.5. The van der Waals surface area contributed by atoms with Crippen molar-refractivity contribution >= 4 is 29.4 Å². The van der Waals surface area contributed by atoms with Crippen LogP contribution in [0, 0.1) is 45.3 Å². The number of amidine groups is 1. The van der Waals surface area contributed by atoms with Crippen LogP contribution >= 0.6 is 23.5 Å². The molecule has 4 rings (SSSR count). The van der Waals surface area contributed by atoms with E-state index < -0.39 is 15.0 Å². The standard InChI is InChI=1S/C20H28N4S2/c1-3-5-11-25-20(26-12-6-4-2)19(14-22)16-9-7-15(8-10-16)18(19,13-21)17(23)24-20/h7,9,15-16H,3-6,8,10-12H2,1-2H3,(H2,23,24)/p+1/t15-,16+,18-,19-/m1/s1. The van der Waals surface area contributed by atoms with E-state index in [-0.39, 0.29) is 11.8 Å². The van der Waals surface area contributed by atoms with E-state index in [9.17, 15) is 10.5 Å². The Hall–Kier alpha value is -1.11. The Morgan fingerprint density at radius 3 is 2.12 bits per heavy atom. The van der Waals surface area contributed by atoms with Crippen molar-refractivity contribution in [3.05, 3.63) is 12.2 Å². The molecule has 4 aliphatic rings. The van der Waals surface area contributed by atoms with Crippen LogP contribution in [0.5, 0.6) is 0 Å². The van der Waals surface area contributed by atoms with Crippen LogP contribution in [0.15, 0.2) is 12.2 Å². The van der Waals surface area contributed by atoms with Gasteiger partial charge in [-0.15, -0.1) is 0 Å². The van der Waals surface area contributed by atoms with Crippen LogP contribution in [0.25, 0.3) is 0 Å². The first kappa shape index (κ1) is 19.6. The number of nitrogens with zero attached hydrogens (tertiary/aromatic N) is 2. The van der Waals surface area contributed by atoms with Gasteiger partial charge in [-0.05, 0) is 37.2 Å². The lowest BCUT2D eigenvalue weighted by Crippen LogP contribution is -2.86. The van der Waals surface area contributed by atoms with E-state index in [0.717, 1.165) is 50.0 Å².